The maximum atomic E-state index is 12.2. The van der Waals surface area contributed by atoms with Crippen molar-refractivity contribution in [1.82, 2.24) is 15.3 Å². The van der Waals surface area contributed by atoms with Gasteiger partial charge in [0.25, 0.3) is 5.91 Å². The molecule has 1 aromatic heterocycles. The molecular formula is C19H26N4O2. The van der Waals surface area contributed by atoms with E-state index in [1.807, 2.05) is 45.0 Å². The normalized spacial score (nSPS) is 11.7. The molecule has 0 bridgehead atoms. The Kier molecular flexibility index (Phi) is 6.74. The average molecular weight is 342 g/mol. The summed E-state index contributed by atoms with van der Waals surface area (Å²) in [4.78, 5) is 20.9. The summed E-state index contributed by atoms with van der Waals surface area (Å²) in [6.45, 7) is 6.54. The maximum absolute atomic E-state index is 12.2. The fourth-order valence-electron chi connectivity index (χ4n) is 2.27. The monoisotopic (exact) mass is 342 g/mol. The number of anilines is 1. The zero-order valence-electron chi connectivity index (χ0n) is 15.3. The summed E-state index contributed by atoms with van der Waals surface area (Å²) in [5.41, 5.74) is 2.34. The largest absolute Gasteiger partial charge is 0.497 e. The van der Waals surface area contributed by atoms with Crippen LogP contribution in [0.15, 0.2) is 30.3 Å². The van der Waals surface area contributed by atoms with Gasteiger partial charge in [0.15, 0.2) is 0 Å². The molecule has 1 atom stereocenters. The van der Waals surface area contributed by atoms with Gasteiger partial charge in [0.05, 0.1) is 7.11 Å². The number of methoxy groups -OCH3 is 1. The van der Waals surface area contributed by atoms with Crippen LogP contribution < -0.4 is 15.4 Å². The van der Waals surface area contributed by atoms with Crippen LogP contribution in [0.5, 0.6) is 5.75 Å². The minimum atomic E-state index is -0.168. The highest BCUT2D eigenvalue weighted by Crippen LogP contribution is 2.12. The number of ether oxygens (including phenoxy) is 1. The fourth-order valence-corrected chi connectivity index (χ4v) is 2.27. The lowest BCUT2D eigenvalue weighted by Gasteiger charge is -2.12. The van der Waals surface area contributed by atoms with Gasteiger partial charge < -0.3 is 15.4 Å². The van der Waals surface area contributed by atoms with Gasteiger partial charge in [-0.2, -0.15) is 0 Å². The zero-order chi connectivity index (χ0) is 18.2. The Hall–Kier alpha value is -2.63. The van der Waals surface area contributed by atoms with Gasteiger partial charge in [-0.1, -0.05) is 19.1 Å². The molecule has 1 aromatic carbocycles. The molecule has 0 saturated carbocycles. The van der Waals surface area contributed by atoms with Gasteiger partial charge in [-0.05, 0) is 50.5 Å². The molecule has 0 spiro atoms. The van der Waals surface area contributed by atoms with Crippen LogP contribution in [0.4, 0.5) is 5.95 Å². The Balaban J connectivity index is 1.96. The second kappa shape index (κ2) is 9.01. The number of hydrogen-bond acceptors (Lipinski definition) is 5. The molecule has 0 fully saturated rings. The fraction of sp³-hybridized carbons (Fsp3) is 0.421. The molecule has 2 N–H and O–H groups in total. The van der Waals surface area contributed by atoms with Crippen molar-refractivity contribution >= 4 is 11.9 Å². The number of carbonyl (C=O) groups excluding carboxylic acids is 1. The van der Waals surface area contributed by atoms with Crippen molar-refractivity contribution in [2.24, 2.45) is 0 Å². The van der Waals surface area contributed by atoms with Gasteiger partial charge >= 0.3 is 0 Å². The van der Waals surface area contributed by atoms with Crippen LogP contribution in [0, 0.1) is 6.92 Å². The molecular weight excluding hydrogens is 316 g/mol. The average Bonchev–Trinajstić information content (AvgIpc) is 2.61. The summed E-state index contributed by atoms with van der Waals surface area (Å²) in [6.07, 6.45) is 1.71. The van der Waals surface area contributed by atoms with Gasteiger partial charge in [-0.3, -0.25) is 4.79 Å². The van der Waals surface area contributed by atoms with E-state index in [1.165, 1.54) is 5.56 Å². The van der Waals surface area contributed by atoms with Crippen molar-refractivity contribution in [2.75, 3.05) is 19.0 Å². The van der Waals surface area contributed by atoms with Crippen molar-refractivity contribution < 1.29 is 9.53 Å². The summed E-state index contributed by atoms with van der Waals surface area (Å²) in [6, 6.07) is 9.76. The third-order valence-corrected chi connectivity index (χ3v) is 3.93. The summed E-state index contributed by atoms with van der Waals surface area (Å²) in [7, 11) is 1.65. The van der Waals surface area contributed by atoms with Crippen LogP contribution in [-0.2, 0) is 6.42 Å². The number of aryl methyl sites for hydroxylation is 1. The lowest BCUT2D eigenvalue weighted by atomic mass is 10.1. The lowest BCUT2D eigenvalue weighted by molar-refractivity contribution is 0.0934. The smallest absolute Gasteiger partial charge is 0.270 e. The predicted molar refractivity (Wildman–Crippen MR) is 99.2 cm³/mol. The van der Waals surface area contributed by atoms with E-state index >= 15 is 0 Å². The highest BCUT2D eigenvalue weighted by atomic mass is 16.5. The van der Waals surface area contributed by atoms with E-state index in [0.717, 1.165) is 24.3 Å². The first-order chi connectivity index (χ1) is 12.0. The molecule has 0 radical (unpaired) electrons. The first kappa shape index (κ1) is 18.7. The van der Waals surface area contributed by atoms with Crippen LogP contribution in [0.2, 0.25) is 0 Å². The van der Waals surface area contributed by atoms with Crippen LogP contribution in [0.25, 0.3) is 0 Å². The molecule has 0 aliphatic carbocycles. The molecule has 1 amide bonds. The second-order valence-electron chi connectivity index (χ2n) is 6.03. The van der Waals surface area contributed by atoms with Crippen LogP contribution in [0.1, 0.15) is 42.0 Å². The third kappa shape index (κ3) is 5.74. The molecule has 2 rings (SSSR count). The number of aromatic nitrogens is 2. The third-order valence-electron chi connectivity index (χ3n) is 3.93. The lowest BCUT2D eigenvalue weighted by Crippen LogP contribution is -2.32. The molecule has 0 aliphatic heterocycles. The van der Waals surface area contributed by atoms with Crippen LogP contribution >= 0.6 is 0 Å². The van der Waals surface area contributed by atoms with Crippen molar-refractivity contribution in [2.45, 2.75) is 39.7 Å². The van der Waals surface area contributed by atoms with Gasteiger partial charge in [0.2, 0.25) is 5.95 Å². The minimum Gasteiger partial charge on any atom is -0.497 e. The molecule has 0 aliphatic rings. The van der Waals surface area contributed by atoms with Crippen molar-refractivity contribution in [1.29, 1.82) is 0 Å². The Bertz CT molecular complexity index is 701. The SMILES string of the molecule is CCC(C)NC(=O)c1cc(C)nc(NCCc2ccc(OC)cc2)n1. The van der Waals surface area contributed by atoms with E-state index < -0.39 is 0 Å². The standard InChI is InChI=1S/C19H26N4O2/c1-5-13(2)21-18(24)17-12-14(3)22-19(23-17)20-11-10-15-6-8-16(25-4)9-7-15/h6-9,12-13H,5,10-11H2,1-4H3,(H,21,24)(H,20,22,23). The molecule has 6 nitrogen and oxygen atoms in total. The van der Waals surface area contributed by atoms with Gasteiger partial charge in [-0.25, -0.2) is 9.97 Å². The molecule has 1 unspecified atom stereocenters. The van der Waals surface area contributed by atoms with Crippen molar-refractivity contribution in [3.8, 4) is 5.75 Å². The Morgan fingerprint density at radius 3 is 2.60 bits per heavy atom. The maximum Gasteiger partial charge on any atom is 0.270 e. The highest BCUT2D eigenvalue weighted by Gasteiger charge is 2.12. The van der Waals surface area contributed by atoms with Crippen molar-refractivity contribution in [3.05, 3.63) is 47.3 Å². The summed E-state index contributed by atoms with van der Waals surface area (Å²) in [5.74, 6) is 1.15. The second-order valence-corrected chi connectivity index (χ2v) is 6.03. The van der Waals surface area contributed by atoms with E-state index in [1.54, 1.807) is 13.2 Å². The minimum absolute atomic E-state index is 0.120. The van der Waals surface area contributed by atoms with Crippen molar-refractivity contribution in [3.63, 3.8) is 0 Å². The quantitative estimate of drug-likeness (QED) is 0.771. The molecule has 6 heteroatoms. The molecule has 2 aromatic rings. The highest BCUT2D eigenvalue weighted by molar-refractivity contribution is 5.92. The zero-order valence-corrected chi connectivity index (χ0v) is 15.3. The molecule has 1 heterocycles. The summed E-state index contributed by atoms with van der Waals surface area (Å²) < 4.78 is 5.15. The molecule has 0 saturated heterocycles. The van der Waals surface area contributed by atoms with Crippen LogP contribution in [0.3, 0.4) is 0 Å². The molecule has 134 valence electrons. The number of carbonyl (C=O) groups is 1. The predicted octanol–water partition coefficient (Wildman–Crippen LogP) is 2.98. The summed E-state index contributed by atoms with van der Waals surface area (Å²) in [5, 5.41) is 6.12. The summed E-state index contributed by atoms with van der Waals surface area (Å²) >= 11 is 0. The van der Waals surface area contributed by atoms with Gasteiger partial charge in [0.1, 0.15) is 11.4 Å². The first-order valence-electron chi connectivity index (χ1n) is 8.55. The van der Waals surface area contributed by atoms with E-state index in [4.69, 9.17) is 4.74 Å². The Morgan fingerprint density at radius 1 is 1.24 bits per heavy atom. The Morgan fingerprint density at radius 2 is 1.96 bits per heavy atom. The first-order valence-corrected chi connectivity index (χ1v) is 8.55. The number of nitrogens with one attached hydrogen (secondary N) is 2. The van der Waals surface area contributed by atoms with E-state index in [2.05, 4.69) is 20.6 Å². The number of rotatable bonds is 8. The number of nitrogens with zero attached hydrogens (tertiary/aromatic N) is 2. The topological polar surface area (TPSA) is 76.1 Å². The molecule has 25 heavy (non-hydrogen) atoms. The number of benzene rings is 1. The van der Waals surface area contributed by atoms with E-state index in [9.17, 15) is 4.79 Å². The van der Waals surface area contributed by atoms with E-state index in [-0.39, 0.29) is 11.9 Å². The Labute approximate surface area is 149 Å². The van der Waals surface area contributed by atoms with Gasteiger partial charge in [0, 0.05) is 18.3 Å². The number of hydrogen-bond donors (Lipinski definition) is 2. The van der Waals surface area contributed by atoms with Crippen LogP contribution in [-0.4, -0.2) is 35.6 Å². The van der Waals surface area contributed by atoms with E-state index in [0.29, 0.717) is 18.2 Å². The number of amides is 1. The van der Waals surface area contributed by atoms with Gasteiger partial charge in [-0.15, -0.1) is 0 Å².